The molecule has 1 aromatic heterocycles. The third-order valence-corrected chi connectivity index (χ3v) is 5.43. The molecule has 0 bridgehead atoms. The van der Waals surface area contributed by atoms with E-state index in [0.717, 1.165) is 48.8 Å². The number of anilines is 2. The minimum atomic E-state index is -0.0108. The third kappa shape index (κ3) is 4.74. The Kier molecular flexibility index (Phi) is 5.76. The van der Waals surface area contributed by atoms with Crippen LogP contribution < -0.4 is 10.2 Å². The second kappa shape index (κ2) is 8.62. The van der Waals surface area contributed by atoms with E-state index in [1.54, 1.807) is 18.3 Å². The number of aromatic nitrogens is 2. The summed E-state index contributed by atoms with van der Waals surface area (Å²) in [6.07, 6.45) is 3.38. The second-order valence-electron chi connectivity index (χ2n) is 7.37. The lowest BCUT2D eigenvalue weighted by Crippen LogP contribution is -2.38. The summed E-state index contributed by atoms with van der Waals surface area (Å²) in [5, 5.41) is 3.59. The predicted octanol–water partition coefficient (Wildman–Crippen LogP) is 4.96. The van der Waals surface area contributed by atoms with E-state index in [2.05, 4.69) is 34.3 Å². The van der Waals surface area contributed by atoms with Crippen LogP contribution in [-0.2, 0) is 4.79 Å². The number of hydrogen-bond donors (Lipinski definition) is 1. The van der Waals surface area contributed by atoms with Crippen molar-refractivity contribution in [2.75, 3.05) is 23.3 Å². The fourth-order valence-electron chi connectivity index (χ4n) is 3.63. The highest BCUT2D eigenvalue weighted by Gasteiger charge is 2.26. The quantitative estimate of drug-likeness (QED) is 0.665. The summed E-state index contributed by atoms with van der Waals surface area (Å²) >= 11 is 6.00. The van der Waals surface area contributed by atoms with Gasteiger partial charge in [-0.1, -0.05) is 41.4 Å². The molecule has 1 amide bonds. The van der Waals surface area contributed by atoms with Crippen molar-refractivity contribution in [1.29, 1.82) is 0 Å². The maximum atomic E-state index is 12.6. The molecule has 0 aliphatic carbocycles. The molecule has 1 N–H and O–H groups in total. The molecule has 148 valence electrons. The number of amides is 1. The number of carbonyl (C=O) groups excluding carboxylic acids is 1. The smallest absolute Gasteiger partial charge is 0.227 e. The number of benzene rings is 2. The van der Waals surface area contributed by atoms with E-state index in [1.807, 2.05) is 30.3 Å². The first-order valence-corrected chi connectivity index (χ1v) is 10.2. The molecule has 0 spiro atoms. The van der Waals surface area contributed by atoms with Crippen LogP contribution >= 0.6 is 11.6 Å². The van der Waals surface area contributed by atoms with Gasteiger partial charge in [-0.25, -0.2) is 9.97 Å². The van der Waals surface area contributed by atoms with Crippen molar-refractivity contribution < 1.29 is 4.79 Å². The van der Waals surface area contributed by atoms with E-state index in [4.69, 9.17) is 16.6 Å². The van der Waals surface area contributed by atoms with E-state index in [1.165, 1.54) is 5.56 Å². The van der Waals surface area contributed by atoms with Crippen molar-refractivity contribution in [3.05, 3.63) is 71.4 Å². The van der Waals surface area contributed by atoms with Crippen LogP contribution in [0, 0.1) is 12.8 Å². The number of nitrogens with one attached hydrogen (secondary N) is 1. The van der Waals surface area contributed by atoms with Crippen molar-refractivity contribution in [2.45, 2.75) is 19.8 Å². The first-order chi connectivity index (χ1) is 14.1. The molecule has 1 fully saturated rings. The number of hydrogen-bond acceptors (Lipinski definition) is 4. The molecule has 1 aliphatic heterocycles. The van der Waals surface area contributed by atoms with E-state index >= 15 is 0 Å². The largest absolute Gasteiger partial charge is 0.356 e. The molecule has 0 unspecified atom stereocenters. The molecule has 3 aromatic rings. The summed E-state index contributed by atoms with van der Waals surface area (Å²) in [5.41, 5.74) is 2.94. The van der Waals surface area contributed by atoms with E-state index < -0.39 is 0 Å². The van der Waals surface area contributed by atoms with Crippen LogP contribution in [0.1, 0.15) is 18.4 Å². The van der Waals surface area contributed by atoms with Crippen molar-refractivity contribution in [2.24, 2.45) is 5.92 Å². The Hall–Kier alpha value is -2.92. The van der Waals surface area contributed by atoms with E-state index in [0.29, 0.717) is 5.02 Å². The molecule has 4 rings (SSSR count). The molecule has 1 saturated heterocycles. The first kappa shape index (κ1) is 19.4. The van der Waals surface area contributed by atoms with Gasteiger partial charge >= 0.3 is 0 Å². The number of aryl methyl sites for hydroxylation is 1. The number of piperidine rings is 1. The van der Waals surface area contributed by atoms with Crippen molar-refractivity contribution in [3.63, 3.8) is 0 Å². The number of halogens is 1. The number of nitrogens with zero attached hydrogens (tertiary/aromatic N) is 3. The minimum Gasteiger partial charge on any atom is -0.356 e. The summed E-state index contributed by atoms with van der Waals surface area (Å²) in [6, 6.07) is 17.4. The standard InChI is InChI=1S/C23H23ClN4O/c1-16-4-2-5-18(14-16)22-25-11-8-21(27-22)28-12-9-17(10-13-28)23(29)26-20-7-3-6-19(24)15-20/h2-8,11,14-15,17H,9-10,12-13H2,1H3,(H,26,29). The van der Waals surface area contributed by atoms with Crippen LogP contribution in [0.4, 0.5) is 11.5 Å². The van der Waals surface area contributed by atoms with Gasteiger partial charge in [-0.2, -0.15) is 0 Å². The van der Waals surface area contributed by atoms with Gasteiger partial charge in [-0.3, -0.25) is 4.79 Å². The summed E-state index contributed by atoms with van der Waals surface area (Å²) in [7, 11) is 0. The summed E-state index contributed by atoms with van der Waals surface area (Å²) in [6.45, 7) is 3.64. The Bertz CT molecular complexity index is 1020. The maximum Gasteiger partial charge on any atom is 0.227 e. The lowest BCUT2D eigenvalue weighted by atomic mass is 9.96. The predicted molar refractivity (Wildman–Crippen MR) is 117 cm³/mol. The van der Waals surface area contributed by atoms with Gasteiger partial charge in [0.25, 0.3) is 0 Å². The average Bonchev–Trinajstić information content (AvgIpc) is 2.74. The lowest BCUT2D eigenvalue weighted by Gasteiger charge is -2.32. The Morgan fingerprint density at radius 1 is 1.10 bits per heavy atom. The second-order valence-corrected chi connectivity index (χ2v) is 7.81. The van der Waals surface area contributed by atoms with Gasteiger partial charge in [0, 0.05) is 41.5 Å². The van der Waals surface area contributed by atoms with Crippen molar-refractivity contribution in [3.8, 4) is 11.4 Å². The lowest BCUT2D eigenvalue weighted by molar-refractivity contribution is -0.120. The molecule has 6 heteroatoms. The highest BCUT2D eigenvalue weighted by atomic mass is 35.5. The fraction of sp³-hybridized carbons (Fsp3) is 0.261. The number of carbonyl (C=O) groups is 1. The highest BCUT2D eigenvalue weighted by molar-refractivity contribution is 6.30. The summed E-state index contributed by atoms with van der Waals surface area (Å²) in [4.78, 5) is 24.0. The van der Waals surface area contributed by atoms with Gasteiger partial charge < -0.3 is 10.2 Å². The zero-order chi connectivity index (χ0) is 20.2. The van der Waals surface area contributed by atoms with Crippen molar-refractivity contribution >= 4 is 29.0 Å². The summed E-state index contributed by atoms with van der Waals surface area (Å²) in [5.74, 6) is 1.68. The topological polar surface area (TPSA) is 58.1 Å². The number of rotatable bonds is 4. The zero-order valence-electron chi connectivity index (χ0n) is 16.3. The molecular weight excluding hydrogens is 384 g/mol. The molecule has 1 aliphatic rings. The average molecular weight is 407 g/mol. The molecule has 2 heterocycles. The third-order valence-electron chi connectivity index (χ3n) is 5.20. The van der Waals surface area contributed by atoms with Crippen LogP contribution in [0.5, 0.6) is 0 Å². The fourth-order valence-corrected chi connectivity index (χ4v) is 3.82. The Morgan fingerprint density at radius 3 is 2.66 bits per heavy atom. The molecule has 0 saturated carbocycles. The van der Waals surface area contributed by atoms with Gasteiger partial charge in [0.05, 0.1) is 0 Å². The molecule has 0 atom stereocenters. The molecule has 5 nitrogen and oxygen atoms in total. The molecular formula is C23H23ClN4O. The van der Waals surface area contributed by atoms with E-state index in [9.17, 15) is 4.79 Å². The Morgan fingerprint density at radius 2 is 1.90 bits per heavy atom. The zero-order valence-corrected chi connectivity index (χ0v) is 17.1. The van der Waals surface area contributed by atoms with Crippen LogP contribution in [0.3, 0.4) is 0 Å². The van der Waals surface area contributed by atoms with E-state index in [-0.39, 0.29) is 11.8 Å². The van der Waals surface area contributed by atoms with Gasteiger partial charge in [0.15, 0.2) is 5.82 Å². The Labute approximate surface area is 175 Å². The SMILES string of the molecule is Cc1cccc(-c2nccc(N3CCC(C(=O)Nc4cccc(Cl)c4)CC3)n2)c1. The molecule has 29 heavy (non-hydrogen) atoms. The normalized spacial score (nSPS) is 14.6. The monoisotopic (exact) mass is 406 g/mol. The van der Waals surface area contributed by atoms with Crippen LogP contribution in [0.2, 0.25) is 5.02 Å². The highest BCUT2D eigenvalue weighted by Crippen LogP contribution is 2.25. The molecule has 2 aromatic carbocycles. The van der Waals surface area contributed by atoms with Crippen molar-refractivity contribution in [1.82, 2.24) is 9.97 Å². The van der Waals surface area contributed by atoms with Crippen LogP contribution in [0.15, 0.2) is 60.8 Å². The van der Waals surface area contributed by atoms with Crippen LogP contribution in [-0.4, -0.2) is 29.0 Å². The van der Waals surface area contributed by atoms with Gasteiger partial charge in [-0.05, 0) is 50.1 Å². The van der Waals surface area contributed by atoms with Gasteiger partial charge in [-0.15, -0.1) is 0 Å². The summed E-state index contributed by atoms with van der Waals surface area (Å²) < 4.78 is 0. The minimum absolute atomic E-state index is 0.0108. The molecule has 0 radical (unpaired) electrons. The maximum absolute atomic E-state index is 12.6. The van der Waals surface area contributed by atoms with Gasteiger partial charge in [0.1, 0.15) is 5.82 Å². The van der Waals surface area contributed by atoms with Gasteiger partial charge in [0.2, 0.25) is 5.91 Å². The van der Waals surface area contributed by atoms with Crippen LogP contribution in [0.25, 0.3) is 11.4 Å². The Balaban J connectivity index is 1.39. The first-order valence-electron chi connectivity index (χ1n) is 9.80.